The summed E-state index contributed by atoms with van der Waals surface area (Å²) < 4.78 is 5.10. The van der Waals surface area contributed by atoms with Crippen LogP contribution in [0, 0.1) is 6.92 Å². The van der Waals surface area contributed by atoms with Crippen molar-refractivity contribution in [3.63, 3.8) is 0 Å². The molecule has 2 aromatic carbocycles. The van der Waals surface area contributed by atoms with Crippen molar-refractivity contribution in [2.45, 2.75) is 19.9 Å². The van der Waals surface area contributed by atoms with E-state index >= 15 is 0 Å². The largest absolute Gasteiger partial charge is 0.496 e. The number of halogens is 1. The molecule has 0 fully saturated rings. The van der Waals surface area contributed by atoms with Crippen LogP contribution in [0.3, 0.4) is 0 Å². The summed E-state index contributed by atoms with van der Waals surface area (Å²) in [6.45, 7) is 3.38. The van der Waals surface area contributed by atoms with Crippen LogP contribution in [-0.2, 0) is 4.79 Å². The van der Waals surface area contributed by atoms with Gasteiger partial charge >= 0.3 is 0 Å². The number of carbonyl (C=O) groups is 3. The molecule has 1 atom stereocenters. The van der Waals surface area contributed by atoms with Gasteiger partial charge in [0.2, 0.25) is 0 Å². The van der Waals surface area contributed by atoms with Gasteiger partial charge in [0.15, 0.2) is 0 Å². The van der Waals surface area contributed by atoms with Gasteiger partial charge in [-0.05, 0) is 44.2 Å². The van der Waals surface area contributed by atoms with E-state index in [9.17, 15) is 14.4 Å². The van der Waals surface area contributed by atoms with E-state index in [-0.39, 0.29) is 11.5 Å². The minimum atomic E-state index is -0.862. The van der Waals surface area contributed by atoms with Gasteiger partial charge in [-0.15, -0.1) is 0 Å². The molecule has 0 aliphatic carbocycles. The molecule has 0 radical (unpaired) electrons. The normalized spacial score (nSPS) is 11.3. The molecule has 3 amide bonds. The third kappa shape index (κ3) is 5.46. The number of methoxy groups -OCH3 is 1. The van der Waals surface area contributed by atoms with Crippen molar-refractivity contribution < 1.29 is 19.1 Å². The fourth-order valence-electron chi connectivity index (χ4n) is 2.28. The summed E-state index contributed by atoms with van der Waals surface area (Å²) >= 11 is 5.89. The number of carbonyl (C=O) groups excluding carboxylic acids is 3. The topological polar surface area (TPSA) is 96.5 Å². The Hall–Kier alpha value is -3.06. The highest BCUT2D eigenvalue weighted by molar-refractivity contribution is 6.31. The number of hydrogen-bond donors (Lipinski definition) is 3. The standard InChI is InChI=1S/C19H20ClN3O4/c1-11-5-4-6-13(9-11)18(25)21-12(2)17(24)22-23-19(26)15-10-14(20)7-8-16(15)27-3/h4-10,12H,1-3H3,(H,21,25)(H,22,24)(H,23,26)/t12-/m0/s1. The van der Waals surface area contributed by atoms with Gasteiger partial charge in [0.05, 0.1) is 12.7 Å². The van der Waals surface area contributed by atoms with Crippen LogP contribution in [0.4, 0.5) is 0 Å². The van der Waals surface area contributed by atoms with Crippen molar-refractivity contribution in [1.29, 1.82) is 0 Å². The van der Waals surface area contributed by atoms with Crippen LogP contribution in [0.5, 0.6) is 5.75 Å². The third-order valence-corrected chi connectivity index (χ3v) is 3.96. The molecule has 7 nitrogen and oxygen atoms in total. The zero-order chi connectivity index (χ0) is 20.0. The molecular weight excluding hydrogens is 370 g/mol. The lowest BCUT2D eigenvalue weighted by Crippen LogP contribution is -2.51. The first-order chi connectivity index (χ1) is 12.8. The van der Waals surface area contributed by atoms with Gasteiger partial charge in [-0.1, -0.05) is 29.3 Å². The molecule has 0 spiro atoms. The lowest BCUT2D eigenvalue weighted by molar-refractivity contribution is -0.123. The number of benzene rings is 2. The lowest BCUT2D eigenvalue weighted by atomic mass is 10.1. The third-order valence-electron chi connectivity index (χ3n) is 3.73. The van der Waals surface area contributed by atoms with E-state index in [0.717, 1.165) is 5.56 Å². The Morgan fingerprint density at radius 3 is 2.44 bits per heavy atom. The van der Waals surface area contributed by atoms with Gasteiger partial charge in [0, 0.05) is 10.6 Å². The van der Waals surface area contributed by atoms with Crippen LogP contribution < -0.4 is 20.9 Å². The number of nitrogens with one attached hydrogen (secondary N) is 3. The maximum absolute atomic E-state index is 12.2. The van der Waals surface area contributed by atoms with Gasteiger partial charge in [0.25, 0.3) is 17.7 Å². The fourth-order valence-corrected chi connectivity index (χ4v) is 2.46. The highest BCUT2D eigenvalue weighted by Crippen LogP contribution is 2.22. The molecular formula is C19H20ClN3O4. The second-order valence-electron chi connectivity index (χ2n) is 5.85. The summed E-state index contributed by atoms with van der Waals surface area (Å²) in [5.41, 5.74) is 6.09. The van der Waals surface area contributed by atoms with Crippen molar-refractivity contribution in [3.05, 3.63) is 64.2 Å². The molecule has 0 aromatic heterocycles. The van der Waals surface area contributed by atoms with Crippen LogP contribution in [0.1, 0.15) is 33.2 Å². The maximum Gasteiger partial charge on any atom is 0.273 e. The fraction of sp³-hybridized carbons (Fsp3) is 0.211. The highest BCUT2D eigenvalue weighted by Gasteiger charge is 2.19. The molecule has 0 heterocycles. The molecule has 0 bridgehead atoms. The summed E-state index contributed by atoms with van der Waals surface area (Å²) in [5, 5.41) is 2.92. The van der Waals surface area contributed by atoms with E-state index in [1.807, 2.05) is 13.0 Å². The van der Waals surface area contributed by atoms with E-state index in [0.29, 0.717) is 16.3 Å². The predicted octanol–water partition coefficient (Wildman–Crippen LogP) is 2.24. The van der Waals surface area contributed by atoms with Gasteiger partial charge in [-0.3, -0.25) is 25.2 Å². The van der Waals surface area contributed by atoms with Crippen molar-refractivity contribution >= 4 is 29.3 Å². The zero-order valence-corrected chi connectivity index (χ0v) is 15.9. The Bertz CT molecular complexity index is 870. The minimum Gasteiger partial charge on any atom is -0.496 e. The summed E-state index contributed by atoms with van der Waals surface area (Å²) in [4.78, 5) is 36.6. The quantitative estimate of drug-likeness (QED) is 0.683. The molecule has 3 N–H and O–H groups in total. The van der Waals surface area contributed by atoms with Crippen LogP contribution >= 0.6 is 11.6 Å². The van der Waals surface area contributed by atoms with E-state index in [4.69, 9.17) is 16.3 Å². The number of aryl methyl sites for hydroxylation is 1. The van der Waals surface area contributed by atoms with Crippen molar-refractivity contribution in [3.8, 4) is 5.75 Å². The molecule has 27 heavy (non-hydrogen) atoms. The average Bonchev–Trinajstić information content (AvgIpc) is 2.65. The van der Waals surface area contributed by atoms with Crippen molar-refractivity contribution in [2.24, 2.45) is 0 Å². The molecule has 0 saturated carbocycles. The molecule has 2 aromatic rings. The smallest absolute Gasteiger partial charge is 0.273 e. The first-order valence-electron chi connectivity index (χ1n) is 8.13. The number of hydrogen-bond acceptors (Lipinski definition) is 4. The lowest BCUT2D eigenvalue weighted by Gasteiger charge is -2.15. The molecule has 0 aliphatic rings. The Morgan fingerprint density at radius 1 is 1.04 bits per heavy atom. The molecule has 2 rings (SSSR count). The first kappa shape index (κ1) is 20.3. The predicted molar refractivity (Wildman–Crippen MR) is 102 cm³/mol. The first-order valence-corrected chi connectivity index (χ1v) is 8.51. The maximum atomic E-state index is 12.2. The number of hydrazine groups is 1. The van der Waals surface area contributed by atoms with E-state index < -0.39 is 17.9 Å². The summed E-state index contributed by atoms with van der Waals surface area (Å²) in [5.74, 6) is -1.25. The highest BCUT2D eigenvalue weighted by atomic mass is 35.5. The average molecular weight is 390 g/mol. The molecule has 142 valence electrons. The van der Waals surface area contributed by atoms with Gasteiger partial charge in [-0.25, -0.2) is 0 Å². The zero-order valence-electron chi connectivity index (χ0n) is 15.1. The second kappa shape index (κ2) is 9.05. The SMILES string of the molecule is COc1ccc(Cl)cc1C(=O)NNC(=O)[C@H](C)NC(=O)c1cccc(C)c1. The number of rotatable bonds is 5. The Kier molecular flexibility index (Phi) is 6.79. The van der Waals surface area contributed by atoms with E-state index in [2.05, 4.69) is 16.2 Å². The number of ether oxygens (including phenoxy) is 1. The van der Waals surface area contributed by atoms with Crippen LogP contribution in [0.15, 0.2) is 42.5 Å². The molecule has 0 aliphatic heterocycles. The summed E-state index contributed by atoms with van der Waals surface area (Å²) in [6.07, 6.45) is 0. The summed E-state index contributed by atoms with van der Waals surface area (Å²) in [7, 11) is 1.42. The van der Waals surface area contributed by atoms with E-state index in [1.165, 1.54) is 20.1 Å². The van der Waals surface area contributed by atoms with Crippen LogP contribution in [0.25, 0.3) is 0 Å². The molecule has 8 heteroatoms. The van der Waals surface area contributed by atoms with Gasteiger partial charge < -0.3 is 10.1 Å². The Morgan fingerprint density at radius 2 is 1.78 bits per heavy atom. The Labute approximate surface area is 162 Å². The van der Waals surface area contributed by atoms with Crippen molar-refractivity contribution in [1.82, 2.24) is 16.2 Å². The number of amides is 3. The Balaban J connectivity index is 1.94. The van der Waals surface area contributed by atoms with Gasteiger partial charge in [-0.2, -0.15) is 0 Å². The monoisotopic (exact) mass is 389 g/mol. The van der Waals surface area contributed by atoms with Gasteiger partial charge in [0.1, 0.15) is 11.8 Å². The summed E-state index contributed by atoms with van der Waals surface area (Å²) in [6, 6.07) is 10.7. The molecule has 0 unspecified atom stereocenters. The van der Waals surface area contributed by atoms with E-state index in [1.54, 1.807) is 30.3 Å². The minimum absolute atomic E-state index is 0.168. The van der Waals surface area contributed by atoms with Crippen LogP contribution in [-0.4, -0.2) is 30.9 Å². The molecule has 0 saturated heterocycles. The van der Waals surface area contributed by atoms with Crippen molar-refractivity contribution in [2.75, 3.05) is 7.11 Å². The second-order valence-corrected chi connectivity index (χ2v) is 6.29. The van der Waals surface area contributed by atoms with Crippen LogP contribution in [0.2, 0.25) is 5.02 Å².